The fourth-order valence-electron chi connectivity index (χ4n) is 3.25. The third kappa shape index (κ3) is 11.0. The van der Waals surface area contributed by atoms with Gasteiger partial charge >= 0.3 is 12.1 Å². The van der Waals surface area contributed by atoms with Crippen molar-refractivity contribution in [1.29, 1.82) is 0 Å². The molecule has 0 bridgehead atoms. The number of carbonyl (C=O) groups excluding carboxylic acids is 2. The van der Waals surface area contributed by atoms with Crippen LogP contribution in [0.5, 0.6) is 5.75 Å². The van der Waals surface area contributed by atoms with Gasteiger partial charge in [-0.1, -0.05) is 63.6 Å². The average Bonchev–Trinajstić information content (AvgIpc) is 2.78. The molecule has 0 amide bonds. The summed E-state index contributed by atoms with van der Waals surface area (Å²) in [5, 5.41) is 0. The van der Waals surface area contributed by atoms with E-state index < -0.39 is 6.16 Å². The van der Waals surface area contributed by atoms with Gasteiger partial charge in [-0.05, 0) is 61.2 Å². The first-order valence-corrected chi connectivity index (χ1v) is 11.7. The number of hydrogen-bond donors (Lipinski definition) is 0. The summed E-state index contributed by atoms with van der Waals surface area (Å²) in [4.78, 5) is 26.1. The van der Waals surface area contributed by atoms with Gasteiger partial charge in [0.25, 0.3) is 0 Å². The van der Waals surface area contributed by atoms with Crippen LogP contribution in [0.4, 0.5) is 4.79 Å². The van der Waals surface area contributed by atoms with E-state index in [1.807, 2.05) is 19.2 Å². The van der Waals surface area contributed by atoms with Crippen LogP contribution in [0.2, 0.25) is 0 Å². The van der Waals surface area contributed by atoms with Crippen LogP contribution >= 0.6 is 0 Å². The minimum absolute atomic E-state index is 0.166. The molecule has 0 aliphatic carbocycles. The van der Waals surface area contributed by atoms with E-state index in [4.69, 9.17) is 14.2 Å². The van der Waals surface area contributed by atoms with Crippen molar-refractivity contribution in [1.82, 2.24) is 4.90 Å². The summed E-state index contributed by atoms with van der Waals surface area (Å²) in [6.07, 6.45) is 2.79. The van der Waals surface area contributed by atoms with Gasteiger partial charge in [-0.2, -0.15) is 0 Å². The van der Waals surface area contributed by atoms with Crippen molar-refractivity contribution < 1.29 is 23.8 Å². The van der Waals surface area contributed by atoms with Gasteiger partial charge in [0.1, 0.15) is 19.0 Å². The quantitative estimate of drug-likeness (QED) is 0.297. The molecular formula is C27H37NO5. The molecule has 0 unspecified atom stereocenters. The highest BCUT2D eigenvalue weighted by Crippen LogP contribution is 2.15. The summed E-state index contributed by atoms with van der Waals surface area (Å²) in [5.74, 6) is 0.709. The molecule has 2 aromatic carbocycles. The Morgan fingerprint density at radius 2 is 1.52 bits per heavy atom. The zero-order valence-electron chi connectivity index (χ0n) is 20.3. The fraction of sp³-hybridized carbons (Fsp3) is 0.481. The first-order valence-electron chi connectivity index (χ1n) is 11.7. The molecule has 180 valence electrons. The van der Waals surface area contributed by atoms with Gasteiger partial charge in [0.05, 0.1) is 6.42 Å². The molecule has 2 rings (SSSR count). The molecule has 0 saturated heterocycles. The van der Waals surface area contributed by atoms with Crippen molar-refractivity contribution in [3.8, 4) is 5.75 Å². The van der Waals surface area contributed by atoms with Crippen molar-refractivity contribution in [3.05, 3.63) is 65.2 Å². The number of unbranched alkanes of at least 4 members (excludes halogenated alkanes) is 1. The third-order valence-electron chi connectivity index (χ3n) is 5.13. The van der Waals surface area contributed by atoms with Gasteiger partial charge < -0.3 is 19.1 Å². The van der Waals surface area contributed by atoms with Gasteiger partial charge in [0.15, 0.2) is 0 Å². The molecule has 0 radical (unpaired) electrons. The number of rotatable bonds is 13. The molecule has 0 saturated carbocycles. The highest BCUT2D eigenvalue weighted by Gasteiger charge is 2.09. The summed E-state index contributed by atoms with van der Waals surface area (Å²) in [6, 6.07) is 14.9. The van der Waals surface area contributed by atoms with Crippen molar-refractivity contribution >= 4 is 12.1 Å². The summed E-state index contributed by atoms with van der Waals surface area (Å²) in [7, 11) is 2.00. The number of esters is 1. The van der Waals surface area contributed by atoms with Crippen LogP contribution in [0.25, 0.3) is 0 Å². The normalized spacial score (nSPS) is 11.0. The third-order valence-corrected chi connectivity index (χ3v) is 5.13. The monoisotopic (exact) mass is 455 g/mol. The lowest BCUT2D eigenvalue weighted by atomic mass is 10.0. The van der Waals surface area contributed by atoms with E-state index in [1.165, 1.54) is 5.56 Å². The van der Waals surface area contributed by atoms with Crippen LogP contribution in [0, 0.1) is 5.92 Å². The fourth-order valence-corrected chi connectivity index (χ4v) is 3.25. The maximum absolute atomic E-state index is 12.2. The molecule has 0 aliphatic heterocycles. The van der Waals surface area contributed by atoms with Gasteiger partial charge in [-0.3, -0.25) is 4.79 Å². The highest BCUT2D eigenvalue weighted by atomic mass is 16.7. The molecule has 0 aromatic heterocycles. The second kappa shape index (κ2) is 14.3. The van der Waals surface area contributed by atoms with E-state index in [9.17, 15) is 9.59 Å². The minimum Gasteiger partial charge on any atom is -0.461 e. The topological polar surface area (TPSA) is 65.1 Å². The molecule has 6 heteroatoms. The molecule has 2 aromatic rings. The Morgan fingerprint density at radius 3 is 2.15 bits per heavy atom. The SMILES string of the molecule is CCCCN(C)CCOC(=O)Oc1ccc(COC(=O)Cc2ccc(CC(C)C)cc2)cc1. The van der Waals surface area contributed by atoms with Crippen molar-refractivity contribution in [3.63, 3.8) is 0 Å². The number of benzene rings is 2. The molecule has 0 spiro atoms. The van der Waals surface area contributed by atoms with Crippen LogP contribution < -0.4 is 4.74 Å². The van der Waals surface area contributed by atoms with Gasteiger partial charge in [-0.15, -0.1) is 0 Å². The van der Waals surface area contributed by atoms with Crippen molar-refractivity contribution in [2.45, 2.75) is 53.1 Å². The Labute approximate surface area is 197 Å². The Bertz CT molecular complexity index is 846. The zero-order valence-corrected chi connectivity index (χ0v) is 20.3. The maximum Gasteiger partial charge on any atom is 0.513 e. The zero-order chi connectivity index (χ0) is 24.1. The molecule has 0 heterocycles. The number of hydrogen-bond acceptors (Lipinski definition) is 6. The predicted molar refractivity (Wildman–Crippen MR) is 129 cm³/mol. The van der Waals surface area contributed by atoms with Crippen molar-refractivity contribution in [2.75, 3.05) is 26.7 Å². The van der Waals surface area contributed by atoms with E-state index in [2.05, 4.69) is 37.8 Å². The number of nitrogens with zero attached hydrogens (tertiary/aromatic N) is 1. The van der Waals surface area contributed by atoms with Gasteiger partial charge in [0.2, 0.25) is 0 Å². The summed E-state index contributed by atoms with van der Waals surface area (Å²) in [5.41, 5.74) is 3.02. The Hall–Kier alpha value is -2.86. The van der Waals surface area contributed by atoms with Crippen LogP contribution in [-0.2, 0) is 33.7 Å². The van der Waals surface area contributed by atoms with E-state index in [0.717, 1.165) is 36.9 Å². The Morgan fingerprint density at radius 1 is 0.879 bits per heavy atom. The minimum atomic E-state index is -0.725. The first-order chi connectivity index (χ1) is 15.9. The van der Waals surface area contributed by atoms with Gasteiger partial charge in [0, 0.05) is 6.54 Å². The molecule has 33 heavy (non-hydrogen) atoms. The Balaban J connectivity index is 1.69. The largest absolute Gasteiger partial charge is 0.513 e. The first kappa shape index (κ1) is 26.4. The summed E-state index contributed by atoms with van der Waals surface area (Å²) in [6.45, 7) is 8.61. The number of carbonyl (C=O) groups is 2. The lowest BCUT2D eigenvalue weighted by Gasteiger charge is -2.15. The smallest absolute Gasteiger partial charge is 0.461 e. The van der Waals surface area contributed by atoms with Gasteiger partial charge in [-0.25, -0.2) is 4.79 Å². The highest BCUT2D eigenvalue weighted by molar-refractivity contribution is 5.72. The molecule has 0 aliphatic rings. The van der Waals surface area contributed by atoms with Crippen LogP contribution in [0.1, 0.15) is 50.3 Å². The molecular weight excluding hydrogens is 418 g/mol. The number of likely N-dealkylation sites (N-methyl/N-ethyl adjacent to an activating group) is 1. The van der Waals surface area contributed by atoms with E-state index in [1.54, 1.807) is 24.3 Å². The average molecular weight is 456 g/mol. The predicted octanol–water partition coefficient (Wildman–Crippen LogP) is 5.42. The standard InChI is InChI=1S/C27H37NO5/c1-5-6-15-28(4)16-17-31-27(30)33-25-13-11-24(12-14-25)20-32-26(29)19-23-9-7-22(8-10-23)18-21(2)3/h7-14,21H,5-6,15-20H2,1-4H3. The maximum atomic E-state index is 12.2. The van der Waals surface area contributed by atoms with Crippen LogP contribution in [0.15, 0.2) is 48.5 Å². The molecule has 0 N–H and O–H groups in total. The Kier molecular flexibility index (Phi) is 11.5. The molecule has 0 atom stereocenters. The second-order valence-corrected chi connectivity index (χ2v) is 8.75. The summed E-state index contributed by atoms with van der Waals surface area (Å²) < 4.78 is 15.7. The molecule has 0 fully saturated rings. The summed E-state index contributed by atoms with van der Waals surface area (Å²) >= 11 is 0. The molecule has 6 nitrogen and oxygen atoms in total. The number of ether oxygens (including phenoxy) is 3. The lowest BCUT2D eigenvalue weighted by Crippen LogP contribution is -2.26. The second-order valence-electron chi connectivity index (χ2n) is 8.75. The lowest BCUT2D eigenvalue weighted by molar-refractivity contribution is -0.144. The van der Waals surface area contributed by atoms with E-state index >= 15 is 0 Å². The van der Waals surface area contributed by atoms with Crippen LogP contribution in [-0.4, -0.2) is 43.8 Å². The van der Waals surface area contributed by atoms with E-state index in [0.29, 0.717) is 18.2 Å². The van der Waals surface area contributed by atoms with Crippen LogP contribution in [0.3, 0.4) is 0 Å². The van der Waals surface area contributed by atoms with Crippen molar-refractivity contribution in [2.24, 2.45) is 5.92 Å². The van der Waals surface area contributed by atoms with E-state index in [-0.39, 0.29) is 25.6 Å².